The summed E-state index contributed by atoms with van der Waals surface area (Å²) in [5.41, 5.74) is 2.16. The lowest BCUT2D eigenvalue weighted by Gasteiger charge is -2.16. The van der Waals surface area contributed by atoms with Crippen LogP contribution < -0.4 is 5.32 Å². The van der Waals surface area contributed by atoms with Gasteiger partial charge in [-0.05, 0) is 45.4 Å². The van der Waals surface area contributed by atoms with E-state index in [1.165, 1.54) is 0 Å². The second-order valence-corrected chi connectivity index (χ2v) is 5.56. The van der Waals surface area contributed by atoms with Crippen molar-refractivity contribution in [2.45, 2.75) is 46.6 Å². The Morgan fingerprint density at radius 2 is 1.94 bits per heavy atom. The summed E-state index contributed by atoms with van der Waals surface area (Å²) >= 11 is 0. The van der Waals surface area contributed by atoms with Crippen molar-refractivity contribution in [3.8, 4) is 0 Å². The lowest BCUT2D eigenvalue weighted by molar-refractivity contribution is 0.201. The van der Waals surface area contributed by atoms with Crippen molar-refractivity contribution < 1.29 is 5.11 Å². The van der Waals surface area contributed by atoms with Gasteiger partial charge in [0.15, 0.2) is 0 Å². The summed E-state index contributed by atoms with van der Waals surface area (Å²) in [6, 6.07) is 0.421. The molecule has 1 aromatic heterocycles. The molecule has 0 aliphatic heterocycles. The standard InChI is InChI=1S/C14H23N3O/c1-8-5-13(6-12(8)7-18)17-14-9(2)10(3)15-11(4)16-14/h8,12-13,18H,5-7H2,1-4H3,(H,15,16,17)/t8-,12-,13-/m0/s1. The number of rotatable bonds is 3. The van der Waals surface area contributed by atoms with E-state index in [1.807, 2.05) is 13.8 Å². The predicted molar refractivity (Wildman–Crippen MR) is 72.6 cm³/mol. The summed E-state index contributed by atoms with van der Waals surface area (Å²) in [6.07, 6.45) is 2.13. The molecule has 2 rings (SSSR count). The lowest BCUT2D eigenvalue weighted by Crippen LogP contribution is -2.19. The van der Waals surface area contributed by atoms with Crippen LogP contribution in [0.15, 0.2) is 0 Å². The van der Waals surface area contributed by atoms with Crippen molar-refractivity contribution in [3.63, 3.8) is 0 Å². The SMILES string of the molecule is Cc1nc(C)c(C)c(N[C@@H]2C[C@@H](CO)[C@@H](C)C2)n1. The zero-order valence-corrected chi connectivity index (χ0v) is 11.7. The van der Waals surface area contributed by atoms with Gasteiger partial charge in [0.1, 0.15) is 11.6 Å². The number of aromatic nitrogens is 2. The van der Waals surface area contributed by atoms with Crippen LogP contribution in [0.2, 0.25) is 0 Å². The lowest BCUT2D eigenvalue weighted by atomic mass is 10.00. The zero-order chi connectivity index (χ0) is 13.3. The van der Waals surface area contributed by atoms with Gasteiger partial charge in [-0.25, -0.2) is 9.97 Å². The topological polar surface area (TPSA) is 58.0 Å². The minimum Gasteiger partial charge on any atom is -0.396 e. The number of aliphatic hydroxyl groups is 1. The van der Waals surface area contributed by atoms with E-state index in [2.05, 4.69) is 29.1 Å². The van der Waals surface area contributed by atoms with Crippen LogP contribution in [0.25, 0.3) is 0 Å². The van der Waals surface area contributed by atoms with Gasteiger partial charge in [-0.3, -0.25) is 0 Å². The summed E-state index contributed by atoms with van der Waals surface area (Å²) < 4.78 is 0. The average Bonchev–Trinajstić information content (AvgIpc) is 2.65. The van der Waals surface area contributed by atoms with E-state index in [0.29, 0.717) is 24.5 Å². The summed E-state index contributed by atoms with van der Waals surface area (Å²) in [5.74, 6) is 2.77. The number of aryl methyl sites for hydroxylation is 2. The fourth-order valence-electron chi connectivity index (χ4n) is 2.81. The maximum absolute atomic E-state index is 9.31. The van der Waals surface area contributed by atoms with E-state index in [4.69, 9.17) is 0 Å². The molecule has 0 spiro atoms. The molecule has 0 saturated heterocycles. The Morgan fingerprint density at radius 1 is 1.22 bits per heavy atom. The molecule has 2 N–H and O–H groups in total. The van der Waals surface area contributed by atoms with Crippen LogP contribution in [0.5, 0.6) is 0 Å². The summed E-state index contributed by atoms with van der Waals surface area (Å²) in [4.78, 5) is 8.85. The van der Waals surface area contributed by atoms with Gasteiger partial charge in [0.2, 0.25) is 0 Å². The van der Waals surface area contributed by atoms with Crippen LogP contribution in [0.4, 0.5) is 5.82 Å². The summed E-state index contributed by atoms with van der Waals surface area (Å²) in [5, 5.41) is 12.8. The van der Waals surface area contributed by atoms with Gasteiger partial charge in [0.25, 0.3) is 0 Å². The molecule has 1 saturated carbocycles. The van der Waals surface area contributed by atoms with Crippen molar-refractivity contribution in [2.24, 2.45) is 11.8 Å². The molecule has 18 heavy (non-hydrogen) atoms. The molecule has 0 amide bonds. The van der Waals surface area contributed by atoms with Crippen molar-refractivity contribution in [1.82, 2.24) is 9.97 Å². The van der Waals surface area contributed by atoms with E-state index >= 15 is 0 Å². The van der Waals surface area contributed by atoms with E-state index in [0.717, 1.165) is 35.7 Å². The first kappa shape index (κ1) is 13.3. The normalized spacial score (nSPS) is 27.5. The molecular weight excluding hydrogens is 226 g/mol. The molecule has 1 aliphatic carbocycles. The van der Waals surface area contributed by atoms with Crippen LogP contribution in [0.1, 0.15) is 36.8 Å². The predicted octanol–water partition coefficient (Wildman–Crippen LogP) is 2.22. The average molecular weight is 249 g/mol. The number of nitrogens with one attached hydrogen (secondary N) is 1. The van der Waals surface area contributed by atoms with Crippen molar-refractivity contribution >= 4 is 5.82 Å². The molecule has 100 valence electrons. The van der Waals surface area contributed by atoms with Gasteiger partial charge in [0.05, 0.1) is 0 Å². The number of anilines is 1. The third-order valence-electron chi connectivity index (χ3n) is 4.12. The van der Waals surface area contributed by atoms with Crippen LogP contribution in [0.3, 0.4) is 0 Å². The minimum atomic E-state index is 0.292. The largest absolute Gasteiger partial charge is 0.396 e. The molecule has 1 aromatic rings. The smallest absolute Gasteiger partial charge is 0.133 e. The first-order chi connectivity index (χ1) is 8.51. The Labute approximate surface area is 109 Å². The Morgan fingerprint density at radius 3 is 2.56 bits per heavy atom. The van der Waals surface area contributed by atoms with Crippen LogP contribution >= 0.6 is 0 Å². The van der Waals surface area contributed by atoms with E-state index in [1.54, 1.807) is 0 Å². The highest BCUT2D eigenvalue weighted by molar-refractivity contribution is 5.46. The van der Waals surface area contributed by atoms with Crippen LogP contribution in [0, 0.1) is 32.6 Å². The molecule has 0 aromatic carbocycles. The number of aliphatic hydroxyl groups excluding tert-OH is 1. The van der Waals surface area contributed by atoms with Gasteiger partial charge < -0.3 is 10.4 Å². The molecule has 4 heteroatoms. The maximum atomic E-state index is 9.31. The Balaban J connectivity index is 2.11. The molecule has 1 fully saturated rings. The Hall–Kier alpha value is -1.16. The van der Waals surface area contributed by atoms with Crippen molar-refractivity contribution in [1.29, 1.82) is 0 Å². The molecule has 4 nitrogen and oxygen atoms in total. The van der Waals surface area contributed by atoms with Gasteiger partial charge in [-0.1, -0.05) is 6.92 Å². The highest BCUT2D eigenvalue weighted by Crippen LogP contribution is 2.33. The maximum Gasteiger partial charge on any atom is 0.133 e. The fourth-order valence-corrected chi connectivity index (χ4v) is 2.81. The quantitative estimate of drug-likeness (QED) is 0.862. The zero-order valence-electron chi connectivity index (χ0n) is 11.7. The molecule has 1 aliphatic rings. The van der Waals surface area contributed by atoms with Gasteiger partial charge in [-0.2, -0.15) is 0 Å². The highest BCUT2D eigenvalue weighted by Gasteiger charge is 2.31. The van der Waals surface area contributed by atoms with Crippen molar-refractivity contribution in [2.75, 3.05) is 11.9 Å². The number of nitrogens with zero attached hydrogens (tertiary/aromatic N) is 2. The van der Waals surface area contributed by atoms with Gasteiger partial charge >= 0.3 is 0 Å². The fraction of sp³-hybridized carbons (Fsp3) is 0.714. The monoisotopic (exact) mass is 249 g/mol. The summed E-state index contributed by atoms with van der Waals surface area (Å²) in [6.45, 7) is 8.50. The van der Waals surface area contributed by atoms with E-state index in [9.17, 15) is 5.11 Å². The first-order valence-corrected chi connectivity index (χ1v) is 6.70. The minimum absolute atomic E-state index is 0.292. The highest BCUT2D eigenvalue weighted by atomic mass is 16.3. The molecule has 1 heterocycles. The third kappa shape index (κ3) is 2.64. The second kappa shape index (κ2) is 5.22. The van der Waals surface area contributed by atoms with Gasteiger partial charge in [-0.15, -0.1) is 0 Å². The third-order valence-corrected chi connectivity index (χ3v) is 4.12. The Kier molecular flexibility index (Phi) is 3.85. The first-order valence-electron chi connectivity index (χ1n) is 6.70. The van der Waals surface area contributed by atoms with Crippen LogP contribution in [-0.4, -0.2) is 27.7 Å². The van der Waals surface area contributed by atoms with Crippen LogP contribution in [-0.2, 0) is 0 Å². The molecule has 0 radical (unpaired) electrons. The van der Waals surface area contributed by atoms with E-state index < -0.39 is 0 Å². The summed E-state index contributed by atoms with van der Waals surface area (Å²) in [7, 11) is 0. The molecule has 0 unspecified atom stereocenters. The van der Waals surface area contributed by atoms with Crippen molar-refractivity contribution in [3.05, 3.63) is 17.1 Å². The Bertz CT molecular complexity index is 433. The van der Waals surface area contributed by atoms with E-state index in [-0.39, 0.29) is 0 Å². The molecule has 0 bridgehead atoms. The number of hydrogen-bond acceptors (Lipinski definition) is 4. The van der Waals surface area contributed by atoms with Gasteiger partial charge in [0, 0.05) is 23.9 Å². The molecule has 3 atom stereocenters. The second-order valence-electron chi connectivity index (χ2n) is 5.56. The molecular formula is C14H23N3O. The number of hydrogen-bond donors (Lipinski definition) is 2.